The molecule has 0 bridgehead atoms. The number of carbonyl (C=O) groups excluding carboxylic acids is 1. The minimum atomic E-state index is -0.205. The molecule has 0 saturated carbocycles. The van der Waals surface area contributed by atoms with E-state index < -0.39 is 0 Å². The number of hydrogen-bond donors (Lipinski definition) is 1. The Morgan fingerprint density at radius 2 is 1.91 bits per heavy atom. The first-order valence-electron chi connectivity index (χ1n) is 9.85. The quantitative estimate of drug-likeness (QED) is 0.291. The van der Waals surface area contributed by atoms with E-state index in [2.05, 4.69) is 20.5 Å². The third-order valence-corrected chi connectivity index (χ3v) is 7.09. The van der Waals surface area contributed by atoms with Crippen LogP contribution in [0.4, 0.5) is 5.13 Å². The first-order chi connectivity index (χ1) is 16.4. The van der Waals surface area contributed by atoms with Crippen LogP contribution in [0.15, 0.2) is 46.9 Å². The number of amides is 1. The molecule has 2 aromatic carbocycles. The molecule has 2 heterocycles. The summed E-state index contributed by atoms with van der Waals surface area (Å²) in [5, 5.41) is 15.2. The largest absolute Gasteiger partial charge is 0.493 e. The Morgan fingerprint density at radius 3 is 2.65 bits per heavy atom. The number of thioether (sulfide) groups is 1. The van der Waals surface area contributed by atoms with Gasteiger partial charge in [0.05, 0.1) is 30.7 Å². The van der Waals surface area contributed by atoms with Crippen molar-refractivity contribution >= 4 is 57.3 Å². The summed E-state index contributed by atoms with van der Waals surface area (Å²) in [6, 6.07) is 10.7. The van der Waals surface area contributed by atoms with Crippen LogP contribution in [0.2, 0.25) is 10.0 Å². The maximum Gasteiger partial charge on any atom is 0.236 e. The monoisotopic (exact) mass is 535 g/mol. The van der Waals surface area contributed by atoms with Gasteiger partial charge in [-0.3, -0.25) is 4.79 Å². The molecule has 4 aromatic rings. The van der Waals surface area contributed by atoms with Crippen LogP contribution in [0, 0.1) is 0 Å². The summed E-state index contributed by atoms with van der Waals surface area (Å²) in [6.07, 6.45) is 0. The SMILES string of the molecule is COc1ccc(-c2nnc(SCC(=O)Nc3nc(-c4ccc(Cl)cc4Cl)cs3)n2C)cc1OC. The van der Waals surface area contributed by atoms with Gasteiger partial charge in [0.1, 0.15) is 0 Å². The molecule has 0 atom stereocenters. The minimum Gasteiger partial charge on any atom is -0.493 e. The summed E-state index contributed by atoms with van der Waals surface area (Å²) in [4.78, 5) is 16.9. The number of methoxy groups -OCH3 is 2. The number of nitrogens with zero attached hydrogens (tertiary/aromatic N) is 4. The molecule has 0 aliphatic carbocycles. The second kappa shape index (κ2) is 10.6. The van der Waals surface area contributed by atoms with Crippen molar-refractivity contribution in [1.29, 1.82) is 0 Å². The Hall–Kier alpha value is -2.79. The van der Waals surface area contributed by atoms with Gasteiger partial charge in [0, 0.05) is 28.6 Å². The maximum atomic E-state index is 12.5. The molecule has 8 nitrogen and oxygen atoms in total. The molecule has 2 aromatic heterocycles. The van der Waals surface area contributed by atoms with Crippen LogP contribution in [-0.4, -0.2) is 45.6 Å². The molecule has 0 spiro atoms. The number of nitrogens with one attached hydrogen (secondary N) is 1. The van der Waals surface area contributed by atoms with E-state index in [1.165, 1.54) is 23.1 Å². The van der Waals surface area contributed by atoms with Crippen molar-refractivity contribution in [1.82, 2.24) is 19.7 Å². The fourth-order valence-electron chi connectivity index (χ4n) is 3.10. The van der Waals surface area contributed by atoms with Crippen molar-refractivity contribution in [2.24, 2.45) is 7.05 Å². The lowest BCUT2D eigenvalue weighted by Gasteiger charge is -2.09. The molecule has 0 fully saturated rings. The van der Waals surface area contributed by atoms with E-state index in [4.69, 9.17) is 32.7 Å². The maximum absolute atomic E-state index is 12.5. The van der Waals surface area contributed by atoms with Crippen molar-refractivity contribution in [3.63, 3.8) is 0 Å². The van der Waals surface area contributed by atoms with Gasteiger partial charge in [0.15, 0.2) is 27.6 Å². The Labute approximate surface area is 214 Å². The Morgan fingerprint density at radius 1 is 1.12 bits per heavy atom. The van der Waals surface area contributed by atoms with E-state index in [0.717, 1.165) is 11.1 Å². The highest BCUT2D eigenvalue weighted by molar-refractivity contribution is 7.99. The zero-order chi connectivity index (χ0) is 24.2. The molecule has 1 amide bonds. The first kappa shape index (κ1) is 24.3. The van der Waals surface area contributed by atoms with Gasteiger partial charge in [-0.15, -0.1) is 21.5 Å². The van der Waals surface area contributed by atoms with Gasteiger partial charge in [-0.25, -0.2) is 4.98 Å². The summed E-state index contributed by atoms with van der Waals surface area (Å²) in [5.41, 5.74) is 2.24. The van der Waals surface area contributed by atoms with Crippen molar-refractivity contribution in [3.05, 3.63) is 51.8 Å². The topological polar surface area (TPSA) is 91.2 Å². The van der Waals surface area contributed by atoms with E-state index in [1.54, 1.807) is 32.4 Å². The van der Waals surface area contributed by atoms with Crippen LogP contribution in [0.1, 0.15) is 0 Å². The van der Waals surface area contributed by atoms with Gasteiger partial charge in [-0.1, -0.05) is 35.0 Å². The lowest BCUT2D eigenvalue weighted by molar-refractivity contribution is -0.113. The minimum absolute atomic E-state index is 0.147. The van der Waals surface area contributed by atoms with Crippen LogP contribution in [-0.2, 0) is 11.8 Å². The van der Waals surface area contributed by atoms with Gasteiger partial charge in [-0.05, 0) is 36.4 Å². The number of rotatable bonds is 8. The third kappa shape index (κ3) is 5.30. The molecule has 0 aliphatic heterocycles. The zero-order valence-corrected chi connectivity index (χ0v) is 21.5. The molecule has 12 heteroatoms. The molecule has 0 aliphatic rings. The molecular formula is C22H19Cl2N5O3S2. The summed E-state index contributed by atoms with van der Waals surface area (Å²) >= 11 is 14.8. The van der Waals surface area contributed by atoms with Crippen LogP contribution < -0.4 is 14.8 Å². The number of aromatic nitrogens is 4. The third-order valence-electron chi connectivity index (χ3n) is 4.77. The molecule has 1 N–H and O–H groups in total. The normalized spacial score (nSPS) is 10.9. The molecule has 0 saturated heterocycles. The van der Waals surface area contributed by atoms with E-state index in [1.807, 2.05) is 35.2 Å². The fourth-order valence-corrected chi connectivity index (χ4v) is 5.05. The number of halogens is 2. The number of carbonyl (C=O) groups is 1. The number of anilines is 1. The van der Waals surface area contributed by atoms with E-state index in [0.29, 0.717) is 43.4 Å². The summed E-state index contributed by atoms with van der Waals surface area (Å²) in [7, 11) is 5.00. The van der Waals surface area contributed by atoms with Gasteiger partial charge in [0.25, 0.3) is 0 Å². The molecule has 0 radical (unpaired) electrons. The average Bonchev–Trinajstić information content (AvgIpc) is 3.43. The van der Waals surface area contributed by atoms with E-state index in [-0.39, 0.29) is 11.7 Å². The van der Waals surface area contributed by atoms with Crippen LogP contribution in [0.5, 0.6) is 11.5 Å². The van der Waals surface area contributed by atoms with Crippen molar-refractivity contribution in [3.8, 4) is 34.1 Å². The second-order valence-corrected chi connectivity index (χ2v) is 9.58. The highest BCUT2D eigenvalue weighted by atomic mass is 35.5. The van der Waals surface area contributed by atoms with Gasteiger partial charge >= 0.3 is 0 Å². The average molecular weight is 536 g/mol. The standard InChI is InChI=1S/C22H19Cl2N5O3S2/c1-29-20(12-4-7-17(31-2)18(8-12)32-3)27-28-22(29)34-11-19(30)26-21-25-16(10-33-21)14-6-5-13(23)9-15(14)24/h4-10H,11H2,1-3H3,(H,25,26,30). The van der Waals surface area contributed by atoms with Gasteiger partial charge < -0.3 is 19.4 Å². The first-order valence-corrected chi connectivity index (χ1v) is 12.5. The van der Waals surface area contributed by atoms with Crippen LogP contribution >= 0.6 is 46.3 Å². The zero-order valence-electron chi connectivity index (χ0n) is 18.3. The van der Waals surface area contributed by atoms with Crippen molar-refractivity contribution < 1.29 is 14.3 Å². The second-order valence-electron chi connectivity index (χ2n) is 6.93. The number of benzene rings is 2. The smallest absolute Gasteiger partial charge is 0.236 e. The van der Waals surface area contributed by atoms with Gasteiger partial charge in [0.2, 0.25) is 5.91 Å². The van der Waals surface area contributed by atoms with Crippen LogP contribution in [0.25, 0.3) is 22.6 Å². The predicted octanol–water partition coefficient (Wildman–Crippen LogP) is 5.66. The lowest BCUT2D eigenvalue weighted by Crippen LogP contribution is -2.14. The summed E-state index contributed by atoms with van der Waals surface area (Å²) in [6.45, 7) is 0. The van der Waals surface area contributed by atoms with Gasteiger partial charge in [-0.2, -0.15) is 0 Å². The number of hydrogen-bond acceptors (Lipinski definition) is 8. The number of thiazole rings is 1. The van der Waals surface area contributed by atoms with Crippen molar-refractivity contribution in [2.75, 3.05) is 25.3 Å². The highest BCUT2D eigenvalue weighted by Gasteiger charge is 2.16. The molecule has 176 valence electrons. The Balaban J connectivity index is 1.40. The Bertz CT molecular complexity index is 1340. The van der Waals surface area contributed by atoms with E-state index in [9.17, 15) is 4.79 Å². The fraction of sp³-hybridized carbons (Fsp3) is 0.182. The highest BCUT2D eigenvalue weighted by Crippen LogP contribution is 2.34. The lowest BCUT2D eigenvalue weighted by atomic mass is 10.2. The molecular weight excluding hydrogens is 517 g/mol. The van der Waals surface area contributed by atoms with Crippen molar-refractivity contribution in [2.45, 2.75) is 5.16 Å². The molecule has 4 rings (SSSR count). The predicted molar refractivity (Wildman–Crippen MR) is 136 cm³/mol. The summed E-state index contributed by atoms with van der Waals surface area (Å²) in [5.74, 6) is 1.81. The Kier molecular flexibility index (Phi) is 7.62. The summed E-state index contributed by atoms with van der Waals surface area (Å²) < 4.78 is 12.5. The molecule has 34 heavy (non-hydrogen) atoms. The van der Waals surface area contributed by atoms with E-state index >= 15 is 0 Å². The van der Waals surface area contributed by atoms with Crippen LogP contribution in [0.3, 0.4) is 0 Å². The molecule has 0 unspecified atom stereocenters. The number of ether oxygens (including phenoxy) is 2.